The van der Waals surface area contributed by atoms with Gasteiger partial charge in [-0.2, -0.15) is 0 Å². The third-order valence-corrected chi connectivity index (χ3v) is 4.44. The van der Waals surface area contributed by atoms with Crippen molar-refractivity contribution in [3.05, 3.63) is 35.9 Å². The first kappa shape index (κ1) is 17.5. The van der Waals surface area contributed by atoms with Crippen LogP contribution in [0.3, 0.4) is 0 Å². The molecule has 0 amide bonds. The Kier molecular flexibility index (Phi) is 6.01. The van der Waals surface area contributed by atoms with Crippen molar-refractivity contribution in [2.75, 3.05) is 26.2 Å². The Bertz CT molecular complexity index is 430. The molecule has 0 aromatic heterocycles. The lowest BCUT2D eigenvalue weighted by molar-refractivity contribution is -0.103. The topological polar surface area (TPSA) is 32.4 Å². The van der Waals surface area contributed by atoms with Gasteiger partial charge in [0.2, 0.25) is 0 Å². The van der Waals surface area contributed by atoms with Gasteiger partial charge in [-0.05, 0) is 38.7 Å². The molecule has 1 aliphatic rings. The summed E-state index contributed by atoms with van der Waals surface area (Å²) in [6.45, 7) is 9.04. The molecule has 0 unspecified atom stereocenters. The van der Waals surface area contributed by atoms with Crippen LogP contribution < -0.4 is 0 Å². The van der Waals surface area contributed by atoms with Crippen LogP contribution in [0.15, 0.2) is 30.3 Å². The maximum Gasteiger partial charge on any atom is 0.111 e. The normalized spacial score (nSPS) is 19.3. The molecule has 1 radical (unpaired) electrons. The van der Waals surface area contributed by atoms with E-state index in [2.05, 4.69) is 42.2 Å². The Morgan fingerprint density at radius 2 is 1.82 bits per heavy atom. The monoisotopic (exact) mass is 304 g/mol. The van der Waals surface area contributed by atoms with E-state index in [9.17, 15) is 5.11 Å². The summed E-state index contributed by atoms with van der Waals surface area (Å²) >= 11 is 0. The Morgan fingerprint density at radius 1 is 1.18 bits per heavy atom. The molecule has 1 fully saturated rings. The number of unbranched alkanes of at least 4 members (excludes halogenated alkanes) is 1. The van der Waals surface area contributed by atoms with Gasteiger partial charge in [-0.15, -0.1) is 0 Å². The van der Waals surface area contributed by atoms with Gasteiger partial charge < -0.3 is 9.64 Å². The van der Waals surface area contributed by atoms with Crippen LogP contribution in [0.2, 0.25) is 0 Å². The van der Waals surface area contributed by atoms with E-state index in [-0.39, 0.29) is 5.60 Å². The Labute approximate surface area is 135 Å². The molecule has 0 spiro atoms. The number of rotatable bonds is 7. The summed E-state index contributed by atoms with van der Waals surface area (Å²) in [5.74, 6) is 0. The van der Waals surface area contributed by atoms with Crippen molar-refractivity contribution in [1.29, 1.82) is 0 Å². The van der Waals surface area contributed by atoms with Crippen molar-refractivity contribution in [1.82, 2.24) is 4.90 Å². The molecule has 1 saturated heterocycles. The first-order valence-corrected chi connectivity index (χ1v) is 8.57. The van der Waals surface area contributed by atoms with Gasteiger partial charge >= 0.3 is 0 Å². The molecule has 1 aliphatic heterocycles. The molecule has 0 bridgehead atoms. The molecule has 0 aliphatic carbocycles. The number of ether oxygens (including phenoxy) is 1. The molecule has 0 N–H and O–H groups in total. The third kappa shape index (κ3) is 4.80. The molecule has 22 heavy (non-hydrogen) atoms. The molecule has 1 heterocycles. The second-order valence-corrected chi connectivity index (χ2v) is 7.10. The fourth-order valence-electron chi connectivity index (χ4n) is 3.28. The maximum atomic E-state index is 11.9. The maximum absolute atomic E-state index is 11.9. The lowest BCUT2D eigenvalue weighted by Crippen LogP contribution is -2.48. The minimum Gasteiger partial charge on any atom is -0.370 e. The summed E-state index contributed by atoms with van der Waals surface area (Å²) in [7, 11) is 0. The summed E-state index contributed by atoms with van der Waals surface area (Å²) in [6, 6.07) is 10.6. The van der Waals surface area contributed by atoms with Crippen molar-refractivity contribution in [2.24, 2.45) is 0 Å². The molecule has 2 rings (SSSR count). The standard InChI is InChI=1S/C19H30NO2/c1-4-5-15-22-19(17-9-7-6-8-10-17)11-13-20(14-12-19)16-18(2,3)21/h6-10H,4-5,11-16H2,1-3H3. The summed E-state index contributed by atoms with van der Waals surface area (Å²) in [5, 5.41) is 11.9. The van der Waals surface area contributed by atoms with Gasteiger partial charge in [0.1, 0.15) is 5.60 Å². The van der Waals surface area contributed by atoms with Crippen LogP contribution in [0.25, 0.3) is 0 Å². The van der Waals surface area contributed by atoms with Crippen molar-refractivity contribution >= 4 is 0 Å². The largest absolute Gasteiger partial charge is 0.370 e. The van der Waals surface area contributed by atoms with Crippen molar-refractivity contribution < 1.29 is 9.84 Å². The van der Waals surface area contributed by atoms with Crippen LogP contribution >= 0.6 is 0 Å². The quantitative estimate of drug-likeness (QED) is 0.713. The zero-order valence-corrected chi connectivity index (χ0v) is 14.3. The smallest absolute Gasteiger partial charge is 0.111 e. The fraction of sp³-hybridized carbons (Fsp3) is 0.684. The number of benzene rings is 1. The number of hydrogen-bond donors (Lipinski definition) is 0. The van der Waals surface area contributed by atoms with Crippen LogP contribution in [0.1, 0.15) is 52.0 Å². The minimum atomic E-state index is -0.879. The molecule has 1 aromatic carbocycles. The fourth-order valence-corrected chi connectivity index (χ4v) is 3.28. The predicted octanol–water partition coefficient (Wildman–Crippen LogP) is 4.00. The van der Waals surface area contributed by atoms with E-state index < -0.39 is 5.60 Å². The molecular formula is C19H30NO2. The van der Waals surface area contributed by atoms with Crippen LogP contribution in [-0.4, -0.2) is 36.7 Å². The lowest BCUT2D eigenvalue weighted by Gasteiger charge is -2.43. The molecule has 3 heteroatoms. The SMILES string of the molecule is CCCCOC1(c2ccccc2)CCN(CC(C)(C)[O])CC1. The number of likely N-dealkylation sites (tertiary alicyclic amines) is 1. The van der Waals surface area contributed by atoms with E-state index in [4.69, 9.17) is 4.74 Å². The van der Waals surface area contributed by atoms with Crippen LogP contribution in [-0.2, 0) is 15.4 Å². The molecule has 123 valence electrons. The van der Waals surface area contributed by atoms with Gasteiger partial charge in [-0.1, -0.05) is 43.7 Å². The average molecular weight is 304 g/mol. The van der Waals surface area contributed by atoms with Gasteiger partial charge in [0.05, 0.1) is 5.60 Å². The minimum absolute atomic E-state index is 0.167. The third-order valence-electron chi connectivity index (χ3n) is 4.44. The van der Waals surface area contributed by atoms with E-state index in [0.29, 0.717) is 6.54 Å². The van der Waals surface area contributed by atoms with Crippen LogP contribution in [0, 0.1) is 0 Å². The van der Waals surface area contributed by atoms with E-state index in [0.717, 1.165) is 45.4 Å². The average Bonchev–Trinajstić information content (AvgIpc) is 2.49. The number of hydrogen-bond acceptors (Lipinski definition) is 2. The summed E-state index contributed by atoms with van der Waals surface area (Å²) in [4.78, 5) is 2.29. The van der Waals surface area contributed by atoms with Crippen LogP contribution in [0.4, 0.5) is 0 Å². The first-order valence-electron chi connectivity index (χ1n) is 8.57. The van der Waals surface area contributed by atoms with Gasteiger partial charge in [0.15, 0.2) is 0 Å². The zero-order valence-electron chi connectivity index (χ0n) is 14.3. The highest BCUT2D eigenvalue weighted by Crippen LogP contribution is 2.37. The van der Waals surface area contributed by atoms with Gasteiger partial charge in [-0.25, -0.2) is 5.11 Å². The summed E-state index contributed by atoms with van der Waals surface area (Å²) in [5.41, 5.74) is 0.239. The second kappa shape index (κ2) is 7.58. The highest BCUT2D eigenvalue weighted by Gasteiger charge is 2.38. The highest BCUT2D eigenvalue weighted by atomic mass is 16.5. The van der Waals surface area contributed by atoms with Gasteiger partial charge in [0, 0.05) is 26.2 Å². The van der Waals surface area contributed by atoms with E-state index in [1.807, 2.05) is 0 Å². The second-order valence-electron chi connectivity index (χ2n) is 7.10. The highest BCUT2D eigenvalue weighted by molar-refractivity contribution is 5.23. The van der Waals surface area contributed by atoms with Crippen LogP contribution in [0.5, 0.6) is 0 Å². The van der Waals surface area contributed by atoms with Gasteiger partial charge in [-0.3, -0.25) is 0 Å². The first-order chi connectivity index (χ1) is 10.5. The summed E-state index contributed by atoms with van der Waals surface area (Å²) < 4.78 is 6.37. The van der Waals surface area contributed by atoms with E-state index in [1.54, 1.807) is 13.8 Å². The van der Waals surface area contributed by atoms with Crippen molar-refractivity contribution in [3.63, 3.8) is 0 Å². The Balaban J connectivity index is 2.05. The lowest BCUT2D eigenvalue weighted by atomic mass is 9.83. The summed E-state index contributed by atoms with van der Waals surface area (Å²) in [6.07, 6.45) is 4.20. The number of piperidine rings is 1. The van der Waals surface area contributed by atoms with E-state index >= 15 is 0 Å². The Morgan fingerprint density at radius 3 is 2.36 bits per heavy atom. The molecular weight excluding hydrogens is 274 g/mol. The zero-order chi connectivity index (χ0) is 16.1. The number of nitrogens with zero attached hydrogens (tertiary/aromatic N) is 1. The Hall–Kier alpha value is -0.900. The molecule has 1 aromatic rings. The van der Waals surface area contributed by atoms with E-state index in [1.165, 1.54) is 5.56 Å². The van der Waals surface area contributed by atoms with Crippen molar-refractivity contribution in [3.8, 4) is 0 Å². The molecule has 3 nitrogen and oxygen atoms in total. The van der Waals surface area contributed by atoms with Crippen molar-refractivity contribution in [2.45, 2.75) is 57.7 Å². The predicted molar refractivity (Wildman–Crippen MR) is 89.4 cm³/mol. The molecule has 0 saturated carbocycles. The molecule has 0 atom stereocenters. The van der Waals surface area contributed by atoms with Gasteiger partial charge in [0.25, 0.3) is 0 Å².